The summed E-state index contributed by atoms with van der Waals surface area (Å²) in [6.07, 6.45) is 2.30. The second kappa shape index (κ2) is 8.48. The molecule has 14 nitrogen and oxygen atoms in total. The van der Waals surface area contributed by atoms with E-state index in [1.807, 2.05) is 0 Å². The highest BCUT2D eigenvalue weighted by molar-refractivity contribution is 5.95. The fourth-order valence-corrected chi connectivity index (χ4v) is 2.66. The topological polar surface area (TPSA) is 177 Å². The third-order valence-corrected chi connectivity index (χ3v) is 4.13. The minimum Gasteiger partial charge on any atom is -0.454 e. The largest absolute Gasteiger partial charge is 0.454 e. The Balaban J connectivity index is 1.23. The van der Waals surface area contributed by atoms with Crippen LogP contribution >= 0.6 is 0 Å². The van der Waals surface area contributed by atoms with Gasteiger partial charge in [0, 0.05) is 18.7 Å². The molecule has 1 aliphatic rings. The minimum absolute atomic E-state index is 0.00376. The lowest BCUT2D eigenvalue weighted by Crippen LogP contribution is -2.34. The third kappa shape index (κ3) is 4.58. The van der Waals surface area contributed by atoms with Gasteiger partial charge in [0.05, 0.1) is 4.92 Å². The molecule has 1 aromatic carbocycles. The molecule has 0 fully saturated rings. The van der Waals surface area contributed by atoms with Gasteiger partial charge in [-0.25, -0.2) is 0 Å². The second-order valence-electron chi connectivity index (χ2n) is 6.25. The molecule has 3 aromatic rings. The summed E-state index contributed by atoms with van der Waals surface area (Å²) < 4.78 is 16.5. The summed E-state index contributed by atoms with van der Waals surface area (Å²) in [6, 6.07) is 4.83. The molecule has 3 heterocycles. The van der Waals surface area contributed by atoms with Crippen molar-refractivity contribution in [1.82, 2.24) is 30.6 Å². The Kier molecular flexibility index (Phi) is 5.42. The Morgan fingerprint density at radius 2 is 1.94 bits per heavy atom. The van der Waals surface area contributed by atoms with E-state index >= 15 is 0 Å². The number of nitro groups is 1. The number of rotatable bonds is 8. The van der Waals surface area contributed by atoms with Crippen LogP contribution in [0.2, 0.25) is 0 Å². The maximum Gasteiger partial charge on any atom is 0.316 e. The lowest BCUT2D eigenvalue weighted by molar-refractivity contribution is -0.385. The molecule has 2 aromatic heterocycles. The van der Waals surface area contributed by atoms with Gasteiger partial charge in [-0.2, -0.15) is 10.1 Å². The maximum absolute atomic E-state index is 12.2. The number of nitrogens with one attached hydrogen (secondary N) is 2. The normalized spacial score (nSPS) is 11.9. The molecule has 1 aliphatic heterocycles. The Bertz CT molecular complexity index is 1140. The summed E-state index contributed by atoms with van der Waals surface area (Å²) in [5, 5.41) is 23.3. The van der Waals surface area contributed by atoms with Gasteiger partial charge < -0.3 is 24.6 Å². The molecule has 31 heavy (non-hydrogen) atoms. The predicted molar refractivity (Wildman–Crippen MR) is 99.5 cm³/mol. The number of fused-ring (bicyclic) bond motifs is 1. The van der Waals surface area contributed by atoms with E-state index in [2.05, 4.69) is 25.9 Å². The van der Waals surface area contributed by atoms with Gasteiger partial charge in [-0.1, -0.05) is 5.16 Å². The molecule has 4 rings (SSSR count). The molecular formula is C17H15N7O7. The molecule has 0 bridgehead atoms. The Labute approximate surface area is 173 Å². The molecule has 0 unspecified atom stereocenters. The highest BCUT2D eigenvalue weighted by Gasteiger charge is 2.18. The van der Waals surface area contributed by atoms with E-state index in [9.17, 15) is 19.7 Å². The van der Waals surface area contributed by atoms with Gasteiger partial charge in [0.25, 0.3) is 5.91 Å². The van der Waals surface area contributed by atoms with E-state index in [-0.39, 0.29) is 49.7 Å². The molecule has 160 valence electrons. The number of amides is 2. The van der Waals surface area contributed by atoms with E-state index in [0.717, 1.165) is 6.20 Å². The zero-order chi connectivity index (χ0) is 21.8. The fourth-order valence-electron chi connectivity index (χ4n) is 2.66. The van der Waals surface area contributed by atoms with Crippen molar-refractivity contribution in [2.45, 2.75) is 6.54 Å². The Hall–Kier alpha value is -4.49. The lowest BCUT2D eigenvalue weighted by atomic mass is 10.2. The van der Waals surface area contributed by atoms with Gasteiger partial charge in [0.1, 0.15) is 18.9 Å². The highest BCUT2D eigenvalue weighted by atomic mass is 16.7. The van der Waals surface area contributed by atoms with E-state index in [4.69, 9.17) is 14.0 Å². The van der Waals surface area contributed by atoms with Crippen LogP contribution in [0, 0.1) is 10.1 Å². The van der Waals surface area contributed by atoms with Crippen molar-refractivity contribution in [2.75, 3.05) is 19.9 Å². The van der Waals surface area contributed by atoms with Gasteiger partial charge in [0.2, 0.25) is 6.79 Å². The van der Waals surface area contributed by atoms with Crippen LogP contribution in [0.3, 0.4) is 0 Å². The molecule has 0 saturated heterocycles. The van der Waals surface area contributed by atoms with E-state index in [1.165, 1.54) is 10.9 Å². The number of benzene rings is 1. The van der Waals surface area contributed by atoms with Crippen molar-refractivity contribution in [3.05, 3.63) is 58.0 Å². The average Bonchev–Trinajstić information content (AvgIpc) is 3.51. The van der Waals surface area contributed by atoms with Gasteiger partial charge in [-0.3, -0.25) is 24.4 Å². The molecule has 0 atom stereocenters. The van der Waals surface area contributed by atoms with Crippen LogP contribution < -0.4 is 20.1 Å². The standard InChI is InChI=1S/C17H15N7O7/c25-15(10-1-2-12-13(5-10)30-9-29-12)18-3-4-19-16(26)17-21-14(22-31-17)8-23-7-11(6-20-23)24(27)28/h1-2,5-7H,3-4,8-9H2,(H,18,25)(H,19,26). The van der Waals surface area contributed by atoms with Crippen LogP contribution in [0.15, 0.2) is 35.1 Å². The summed E-state index contributed by atoms with van der Waals surface area (Å²) in [5.74, 6) is -0.0344. The first-order chi connectivity index (χ1) is 15.0. The first-order valence-electron chi connectivity index (χ1n) is 8.95. The number of nitrogens with zero attached hydrogens (tertiary/aromatic N) is 5. The molecule has 0 radical (unpaired) electrons. The zero-order valence-corrected chi connectivity index (χ0v) is 15.8. The first-order valence-corrected chi connectivity index (χ1v) is 8.95. The van der Waals surface area contributed by atoms with Crippen molar-refractivity contribution >= 4 is 17.5 Å². The van der Waals surface area contributed by atoms with Crippen molar-refractivity contribution in [1.29, 1.82) is 0 Å². The highest BCUT2D eigenvalue weighted by Crippen LogP contribution is 2.32. The molecule has 2 amide bonds. The number of carbonyl (C=O) groups is 2. The lowest BCUT2D eigenvalue weighted by Gasteiger charge is -2.06. The SMILES string of the molecule is O=C(NCCNC(=O)c1nc(Cn2cc([N+](=O)[O-])cn2)no1)c1ccc2c(c1)OCO2. The number of hydrogen-bond acceptors (Lipinski definition) is 10. The van der Waals surface area contributed by atoms with Gasteiger partial charge in [0.15, 0.2) is 17.3 Å². The molecule has 2 N–H and O–H groups in total. The minimum atomic E-state index is -0.623. The molecule has 0 aliphatic carbocycles. The van der Waals surface area contributed by atoms with Crippen molar-refractivity contribution in [3.63, 3.8) is 0 Å². The van der Waals surface area contributed by atoms with E-state index in [0.29, 0.717) is 17.1 Å². The Morgan fingerprint density at radius 3 is 2.71 bits per heavy atom. The van der Waals surface area contributed by atoms with Crippen LogP contribution in [-0.2, 0) is 6.54 Å². The van der Waals surface area contributed by atoms with Gasteiger partial charge >= 0.3 is 17.5 Å². The number of aromatic nitrogens is 4. The van der Waals surface area contributed by atoms with Crippen molar-refractivity contribution in [3.8, 4) is 11.5 Å². The van der Waals surface area contributed by atoms with Crippen LogP contribution in [0.1, 0.15) is 26.9 Å². The summed E-state index contributed by atoms with van der Waals surface area (Å²) in [5.41, 5.74) is 0.222. The monoisotopic (exact) mass is 429 g/mol. The predicted octanol–water partition coefficient (Wildman–Crippen LogP) is 0.111. The first kappa shape index (κ1) is 19.8. The van der Waals surface area contributed by atoms with Gasteiger partial charge in [-0.15, -0.1) is 0 Å². The van der Waals surface area contributed by atoms with Crippen LogP contribution in [0.25, 0.3) is 0 Å². The van der Waals surface area contributed by atoms with Crippen molar-refractivity contribution < 1.29 is 28.5 Å². The summed E-state index contributed by atoms with van der Waals surface area (Å²) in [4.78, 5) is 38.3. The quantitative estimate of drug-likeness (QED) is 0.284. The van der Waals surface area contributed by atoms with E-state index in [1.54, 1.807) is 18.2 Å². The molecule has 0 saturated carbocycles. The smallest absolute Gasteiger partial charge is 0.316 e. The Morgan fingerprint density at radius 1 is 1.16 bits per heavy atom. The van der Waals surface area contributed by atoms with Crippen LogP contribution in [0.5, 0.6) is 11.5 Å². The van der Waals surface area contributed by atoms with Crippen molar-refractivity contribution in [2.24, 2.45) is 0 Å². The number of ether oxygens (including phenoxy) is 2. The molecule has 14 heteroatoms. The third-order valence-electron chi connectivity index (χ3n) is 4.13. The average molecular weight is 429 g/mol. The fraction of sp³-hybridized carbons (Fsp3) is 0.235. The summed E-state index contributed by atoms with van der Waals surface area (Å²) in [7, 11) is 0. The second-order valence-corrected chi connectivity index (χ2v) is 6.25. The number of hydrogen-bond donors (Lipinski definition) is 2. The maximum atomic E-state index is 12.2. The molecular weight excluding hydrogens is 414 g/mol. The van der Waals surface area contributed by atoms with E-state index < -0.39 is 10.8 Å². The molecule has 0 spiro atoms. The summed E-state index contributed by atoms with van der Waals surface area (Å²) >= 11 is 0. The zero-order valence-electron chi connectivity index (χ0n) is 15.8. The number of carbonyl (C=O) groups excluding carboxylic acids is 2. The van der Waals surface area contributed by atoms with Crippen LogP contribution in [-0.4, -0.2) is 56.5 Å². The summed E-state index contributed by atoms with van der Waals surface area (Å²) in [6.45, 7) is 0.400. The van der Waals surface area contributed by atoms with Gasteiger partial charge in [-0.05, 0) is 18.2 Å². The van der Waals surface area contributed by atoms with Crippen LogP contribution in [0.4, 0.5) is 5.69 Å².